The quantitative estimate of drug-likeness (QED) is 0.770. The van der Waals surface area contributed by atoms with Crippen LogP contribution in [0.5, 0.6) is 0 Å². The molecule has 6 nitrogen and oxygen atoms in total. The predicted octanol–water partition coefficient (Wildman–Crippen LogP) is 1.25. The lowest BCUT2D eigenvalue weighted by Crippen LogP contribution is -2.40. The maximum atomic E-state index is 12.4. The zero-order valence-electron chi connectivity index (χ0n) is 13.7. The van der Waals surface area contributed by atoms with Crippen LogP contribution >= 0.6 is 0 Å². The zero-order chi connectivity index (χ0) is 17.1. The number of hydrogen-bond donors (Lipinski definition) is 3. The van der Waals surface area contributed by atoms with Crippen molar-refractivity contribution in [2.75, 3.05) is 0 Å². The van der Waals surface area contributed by atoms with Gasteiger partial charge in [-0.25, -0.2) is 0 Å². The molecule has 0 saturated heterocycles. The van der Waals surface area contributed by atoms with Crippen molar-refractivity contribution in [2.24, 2.45) is 5.92 Å². The van der Waals surface area contributed by atoms with E-state index in [0.717, 1.165) is 24.1 Å². The molecule has 1 heterocycles. The van der Waals surface area contributed by atoms with Crippen LogP contribution in [0.2, 0.25) is 0 Å². The van der Waals surface area contributed by atoms with Crippen LogP contribution in [0.3, 0.4) is 0 Å². The molecule has 3 rings (SSSR count). The van der Waals surface area contributed by atoms with Crippen molar-refractivity contribution in [2.45, 2.75) is 45.1 Å². The summed E-state index contributed by atoms with van der Waals surface area (Å²) in [5.74, 6) is 0.0738. The van der Waals surface area contributed by atoms with Crippen molar-refractivity contribution < 1.29 is 15.0 Å². The summed E-state index contributed by atoms with van der Waals surface area (Å²) in [6.45, 7) is 2.55. The Bertz CT molecular complexity index is 700. The second-order valence-corrected chi connectivity index (χ2v) is 6.51. The second-order valence-electron chi connectivity index (χ2n) is 6.51. The molecule has 0 spiro atoms. The number of aliphatic hydroxyl groups is 2. The highest BCUT2D eigenvalue weighted by Gasteiger charge is 2.34. The van der Waals surface area contributed by atoms with E-state index in [1.165, 1.54) is 0 Å². The van der Waals surface area contributed by atoms with Gasteiger partial charge in [-0.3, -0.25) is 9.48 Å². The van der Waals surface area contributed by atoms with E-state index in [1.807, 2.05) is 29.9 Å². The number of rotatable bonds is 5. The number of nitrogens with zero attached hydrogens (tertiary/aromatic N) is 2. The monoisotopic (exact) mass is 329 g/mol. The zero-order valence-corrected chi connectivity index (χ0v) is 13.7. The van der Waals surface area contributed by atoms with Crippen LogP contribution in [0, 0.1) is 12.8 Å². The van der Waals surface area contributed by atoms with Crippen molar-refractivity contribution in [3.05, 3.63) is 53.3 Å². The van der Waals surface area contributed by atoms with Crippen molar-refractivity contribution in [1.29, 1.82) is 0 Å². The maximum Gasteiger partial charge on any atom is 0.251 e. The van der Waals surface area contributed by atoms with Gasteiger partial charge in [-0.1, -0.05) is 6.07 Å². The highest BCUT2D eigenvalue weighted by Crippen LogP contribution is 2.27. The van der Waals surface area contributed by atoms with E-state index in [4.69, 9.17) is 0 Å². The SMILES string of the molecule is Cc1ccc(C(=O)N[C@@H]2CC(Cn3cccn3)C[C@H]2O)cc1CO. The Morgan fingerprint density at radius 1 is 1.42 bits per heavy atom. The summed E-state index contributed by atoms with van der Waals surface area (Å²) in [5, 5.41) is 26.7. The molecule has 6 heteroatoms. The third kappa shape index (κ3) is 3.66. The Morgan fingerprint density at radius 3 is 2.96 bits per heavy atom. The van der Waals surface area contributed by atoms with Crippen molar-refractivity contribution in [3.63, 3.8) is 0 Å². The van der Waals surface area contributed by atoms with Crippen molar-refractivity contribution in [1.82, 2.24) is 15.1 Å². The maximum absolute atomic E-state index is 12.4. The molecule has 1 fully saturated rings. The first-order valence-corrected chi connectivity index (χ1v) is 8.23. The molecule has 1 saturated carbocycles. The lowest BCUT2D eigenvalue weighted by atomic mass is 10.0. The minimum atomic E-state index is -0.544. The van der Waals surface area contributed by atoms with Gasteiger partial charge in [0.2, 0.25) is 0 Å². The molecule has 0 bridgehead atoms. The molecule has 1 aromatic carbocycles. The van der Waals surface area contributed by atoms with Gasteiger partial charge in [0.15, 0.2) is 0 Å². The molecule has 128 valence electrons. The van der Waals surface area contributed by atoms with Crippen molar-refractivity contribution in [3.8, 4) is 0 Å². The van der Waals surface area contributed by atoms with E-state index in [2.05, 4.69) is 10.4 Å². The first-order chi connectivity index (χ1) is 11.6. The molecule has 1 aliphatic rings. The third-order valence-electron chi connectivity index (χ3n) is 4.73. The van der Waals surface area contributed by atoms with E-state index in [0.29, 0.717) is 12.0 Å². The normalized spacial score (nSPS) is 23.4. The first kappa shape index (κ1) is 16.7. The molecule has 1 unspecified atom stereocenters. The van der Waals surface area contributed by atoms with E-state index in [9.17, 15) is 15.0 Å². The summed E-state index contributed by atoms with van der Waals surface area (Å²) in [5.41, 5.74) is 2.20. The third-order valence-corrected chi connectivity index (χ3v) is 4.73. The molecular weight excluding hydrogens is 306 g/mol. The largest absolute Gasteiger partial charge is 0.392 e. The van der Waals surface area contributed by atoms with E-state index in [-0.39, 0.29) is 24.5 Å². The lowest BCUT2D eigenvalue weighted by Gasteiger charge is -2.17. The number of aliphatic hydroxyl groups excluding tert-OH is 2. The fraction of sp³-hybridized carbons (Fsp3) is 0.444. The van der Waals surface area contributed by atoms with Gasteiger partial charge in [0.05, 0.1) is 18.8 Å². The number of carbonyl (C=O) groups excluding carboxylic acids is 1. The van der Waals surface area contributed by atoms with Gasteiger partial charge in [0.1, 0.15) is 0 Å². The molecule has 24 heavy (non-hydrogen) atoms. The molecular formula is C18H23N3O3. The van der Waals surface area contributed by atoms with Crippen LogP contribution < -0.4 is 5.32 Å². The Balaban J connectivity index is 1.62. The fourth-order valence-electron chi connectivity index (χ4n) is 3.33. The first-order valence-electron chi connectivity index (χ1n) is 8.23. The molecule has 1 aromatic heterocycles. The Morgan fingerprint density at radius 2 is 2.25 bits per heavy atom. The predicted molar refractivity (Wildman–Crippen MR) is 89.3 cm³/mol. The molecule has 1 aliphatic carbocycles. The topological polar surface area (TPSA) is 87.4 Å². The van der Waals surface area contributed by atoms with Crippen LogP contribution in [0.4, 0.5) is 0 Å². The molecule has 0 aliphatic heterocycles. The number of hydrogen-bond acceptors (Lipinski definition) is 4. The Labute approximate surface area is 141 Å². The van der Waals surface area contributed by atoms with Crippen LogP contribution in [0.25, 0.3) is 0 Å². The highest BCUT2D eigenvalue weighted by molar-refractivity contribution is 5.94. The van der Waals surface area contributed by atoms with Gasteiger partial charge in [-0.2, -0.15) is 5.10 Å². The standard InChI is InChI=1S/C18H23N3O3/c1-12-3-4-14(9-15(12)11-22)18(24)20-16-7-13(8-17(16)23)10-21-6-2-5-19-21/h2-6,9,13,16-17,22-23H,7-8,10-11H2,1H3,(H,20,24)/t13?,16-,17-/m1/s1. The number of aryl methyl sites for hydroxylation is 1. The highest BCUT2D eigenvalue weighted by atomic mass is 16.3. The number of carbonyl (C=O) groups is 1. The van der Waals surface area contributed by atoms with E-state index in [1.54, 1.807) is 18.3 Å². The van der Waals surface area contributed by atoms with E-state index < -0.39 is 6.10 Å². The van der Waals surface area contributed by atoms with Gasteiger partial charge in [0.25, 0.3) is 5.91 Å². The van der Waals surface area contributed by atoms with E-state index >= 15 is 0 Å². The number of aromatic nitrogens is 2. The van der Waals surface area contributed by atoms with Gasteiger partial charge in [-0.15, -0.1) is 0 Å². The van der Waals surface area contributed by atoms with Crippen LogP contribution in [-0.4, -0.2) is 38.0 Å². The Hall–Kier alpha value is -2.18. The van der Waals surface area contributed by atoms with Crippen molar-refractivity contribution >= 4 is 5.91 Å². The lowest BCUT2D eigenvalue weighted by molar-refractivity contribution is 0.0872. The second kappa shape index (κ2) is 7.15. The summed E-state index contributed by atoms with van der Waals surface area (Å²) < 4.78 is 1.86. The number of nitrogens with one attached hydrogen (secondary N) is 1. The summed E-state index contributed by atoms with van der Waals surface area (Å²) in [4.78, 5) is 12.4. The summed E-state index contributed by atoms with van der Waals surface area (Å²) >= 11 is 0. The molecule has 3 atom stereocenters. The Kier molecular flexibility index (Phi) is 4.97. The smallest absolute Gasteiger partial charge is 0.251 e. The van der Waals surface area contributed by atoms with Gasteiger partial charge in [-0.05, 0) is 55.0 Å². The van der Waals surface area contributed by atoms with Crippen LogP contribution in [-0.2, 0) is 13.2 Å². The van der Waals surface area contributed by atoms with Gasteiger partial charge >= 0.3 is 0 Å². The molecule has 1 amide bonds. The average Bonchev–Trinajstić information content (AvgIpc) is 3.18. The van der Waals surface area contributed by atoms with Gasteiger partial charge < -0.3 is 15.5 Å². The molecule has 0 radical (unpaired) electrons. The van der Waals surface area contributed by atoms with Gasteiger partial charge in [0, 0.05) is 24.5 Å². The minimum absolute atomic E-state index is 0.0923. The molecule has 2 aromatic rings. The van der Waals surface area contributed by atoms with Crippen LogP contribution in [0.15, 0.2) is 36.7 Å². The number of benzene rings is 1. The summed E-state index contributed by atoms with van der Waals surface area (Å²) in [6.07, 6.45) is 4.48. The summed E-state index contributed by atoms with van der Waals surface area (Å²) in [6, 6.07) is 6.89. The number of amides is 1. The average molecular weight is 329 g/mol. The minimum Gasteiger partial charge on any atom is -0.392 e. The molecule has 3 N–H and O–H groups in total. The fourth-order valence-corrected chi connectivity index (χ4v) is 3.33. The van der Waals surface area contributed by atoms with Crippen LogP contribution in [0.1, 0.15) is 34.3 Å². The summed E-state index contributed by atoms with van der Waals surface area (Å²) in [7, 11) is 0.